The molecule has 0 aromatic heterocycles. The molecule has 20 heavy (non-hydrogen) atoms. The van der Waals surface area contributed by atoms with Gasteiger partial charge in [0.1, 0.15) is 0 Å². The summed E-state index contributed by atoms with van der Waals surface area (Å²) in [4.78, 5) is 25.1. The minimum absolute atomic E-state index is 0.0939. The number of hydrogen-bond donors (Lipinski definition) is 2. The summed E-state index contributed by atoms with van der Waals surface area (Å²) >= 11 is 3.29. The first kappa shape index (κ1) is 14.8. The third-order valence-corrected chi connectivity index (χ3v) is 3.84. The zero-order valence-electron chi connectivity index (χ0n) is 11.1. The van der Waals surface area contributed by atoms with Crippen LogP contribution in [0.5, 0.6) is 0 Å². The molecule has 2 amide bonds. The van der Waals surface area contributed by atoms with Crippen LogP contribution in [-0.2, 0) is 0 Å². The molecule has 0 unspecified atom stereocenters. The Hall–Kier alpha value is -1.56. The van der Waals surface area contributed by atoms with Gasteiger partial charge in [-0.1, -0.05) is 28.8 Å². The number of anilines is 1. The van der Waals surface area contributed by atoms with Crippen molar-refractivity contribution in [2.75, 3.05) is 18.4 Å². The molecule has 108 valence electrons. The number of nitrogens with one attached hydrogen (secondary N) is 1. The molecule has 0 saturated carbocycles. The van der Waals surface area contributed by atoms with Crippen LogP contribution in [0.3, 0.4) is 0 Å². The van der Waals surface area contributed by atoms with Gasteiger partial charge in [-0.2, -0.15) is 0 Å². The second-order valence-corrected chi connectivity index (χ2v) is 5.74. The van der Waals surface area contributed by atoms with Gasteiger partial charge in [-0.05, 0) is 31.0 Å². The summed E-state index contributed by atoms with van der Waals surface area (Å²) in [6.07, 6.45) is 4.28. The number of halogens is 1. The van der Waals surface area contributed by atoms with Crippen molar-refractivity contribution in [3.63, 3.8) is 0 Å². The molecule has 2 rings (SSSR count). The first-order chi connectivity index (χ1) is 9.58. The number of carbonyl (C=O) groups excluding carboxylic acids is 1. The molecule has 0 bridgehead atoms. The summed E-state index contributed by atoms with van der Waals surface area (Å²) in [5, 5.41) is 11.9. The Morgan fingerprint density at radius 2 is 1.80 bits per heavy atom. The van der Waals surface area contributed by atoms with E-state index in [1.54, 1.807) is 17.0 Å². The smallest absolute Gasteiger partial charge is 0.337 e. The molecule has 0 radical (unpaired) electrons. The van der Waals surface area contributed by atoms with E-state index in [4.69, 9.17) is 5.11 Å². The lowest BCUT2D eigenvalue weighted by Gasteiger charge is -2.21. The number of amides is 2. The maximum atomic E-state index is 12.2. The number of rotatable bonds is 2. The van der Waals surface area contributed by atoms with Gasteiger partial charge in [0, 0.05) is 17.6 Å². The number of carboxylic acid groups (broad SMARTS) is 1. The van der Waals surface area contributed by atoms with E-state index in [1.165, 1.54) is 6.07 Å². The fourth-order valence-electron chi connectivity index (χ4n) is 2.27. The zero-order chi connectivity index (χ0) is 14.5. The summed E-state index contributed by atoms with van der Waals surface area (Å²) in [5.74, 6) is -1.05. The minimum atomic E-state index is -1.05. The van der Waals surface area contributed by atoms with Crippen molar-refractivity contribution in [1.82, 2.24) is 4.90 Å². The Morgan fingerprint density at radius 3 is 2.40 bits per heavy atom. The Bertz CT molecular complexity index is 511. The third-order valence-electron chi connectivity index (χ3n) is 3.35. The predicted molar refractivity (Wildman–Crippen MR) is 80.2 cm³/mol. The number of likely N-dealkylation sites (tertiary alicyclic amines) is 1. The summed E-state index contributed by atoms with van der Waals surface area (Å²) in [5.41, 5.74) is 0.414. The Morgan fingerprint density at radius 1 is 1.15 bits per heavy atom. The zero-order valence-corrected chi connectivity index (χ0v) is 12.6. The first-order valence-electron chi connectivity index (χ1n) is 6.66. The van der Waals surface area contributed by atoms with Gasteiger partial charge in [0.15, 0.2) is 0 Å². The summed E-state index contributed by atoms with van der Waals surface area (Å²) in [6.45, 7) is 1.45. The molecule has 2 N–H and O–H groups in total. The van der Waals surface area contributed by atoms with Crippen LogP contribution in [0.1, 0.15) is 36.0 Å². The quantitative estimate of drug-likeness (QED) is 0.864. The normalized spacial score (nSPS) is 15.6. The van der Waals surface area contributed by atoms with Gasteiger partial charge in [-0.3, -0.25) is 0 Å². The molecule has 0 aliphatic carbocycles. The standard InChI is InChI=1S/C14H17BrN2O3/c15-10-5-6-11(13(18)19)12(9-10)16-14(20)17-7-3-1-2-4-8-17/h5-6,9H,1-4,7-8H2,(H,16,20)(H,18,19). The molecule has 1 aliphatic rings. The van der Waals surface area contributed by atoms with E-state index in [2.05, 4.69) is 21.2 Å². The Kier molecular flexibility index (Phi) is 5.00. The fourth-order valence-corrected chi connectivity index (χ4v) is 2.64. The van der Waals surface area contributed by atoms with Crippen molar-refractivity contribution < 1.29 is 14.7 Å². The molecule has 1 aromatic carbocycles. The van der Waals surface area contributed by atoms with Crippen molar-refractivity contribution in [3.05, 3.63) is 28.2 Å². The second-order valence-electron chi connectivity index (χ2n) is 4.83. The van der Waals surface area contributed by atoms with Crippen molar-refractivity contribution in [2.45, 2.75) is 25.7 Å². The second kappa shape index (κ2) is 6.74. The molecule has 1 fully saturated rings. The molecule has 5 nitrogen and oxygen atoms in total. The lowest BCUT2D eigenvalue weighted by Crippen LogP contribution is -2.36. The van der Waals surface area contributed by atoms with Crippen LogP contribution in [0, 0.1) is 0 Å². The summed E-state index contributed by atoms with van der Waals surface area (Å²) in [6, 6.07) is 4.50. The molecular formula is C14H17BrN2O3. The van der Waals surface area contributed by atoms with Crippen molar-refractivity contribution >= 4 is 33.6 Å². The number of aromatic carboxylic acids is 1. The summed E-state index contributed by atoms with van der Waals surface area (Å²) < 4.78 is 0.730. The maximum Gasteiger partial charge on any atom is 0.337 e. The van der Waals surface area contributed by atoms with Crippen LogP contribution in [0.15, 0.2) is 22.7 Å². The number of hydrogen-bond acceptors (Lipinski definition) is 2. The average Bonchev–Trinajstić information content (AvgIpc) is 2.67. The lowest BCUT2D eigenvalue weighted by atomic mass is 10.2. The van der Waals surface area contributed by atoms with Gasteiger partial charge in [0.05, 0.1) is 11.3 Å². The van der Waals surface area contributed by atoms with E-state index in [0.29, 0.717) is 5.69 Å². The fraction of sp³-hybridized carbons (Fsp3) is 0.429. The highest BCUT2D eigenvalue weighted by Gasteiger charge is 2.18. The highest BCUT2D eigenvalue weighted by molar-refractivity contribution is 9.10. The topological polar surface area (TPSA) is 69.6 Å². The molecule has 1 saturated heterocycles. The van der Waals surface area contributed by atoms with Gasteiger partial charge < -0.3 is 15.3 Å². The predicted octanol–water partition coefficient (Wildman–Crippen LogP) is 3.56. The van der Waals surface area contributed by atoms with Crippen LogP contribution in [0.2, 0.25) is 0 Å². The van der Waals surface area contributed by atoms with E-state index in [1.807, 2.05) is 0 Å². The lowest BCUT2D eigenvalue weighted by molar-refractivity contribution is 0.0698. The third kappa shape index (κ3) is 3.72. The van der Waals surface area contributed by atoms with E-state index < -0.39 is 5.97 Å². The van der Waals surface area contributed by atoms with Crippen LogP contribution in [-0.4, -0.2) is 35.1 Å². The van der Waals surface area contributed by atoms with Crippen molar-refractivity contribution in [2.24, 2.45) is 0 Å². The maximum absolute atomic E-state index is 12.2. The van der Waals surface area contributed by atoms with Gasteiger partial charge in [-0.15, -0.1) is 0 Å². The number of nitrogens with zero attached hydrogens (tertiary/aromatic N) is 1. The van der Waals surface area contributed by atoms with Crippen LogP contribution >= 0.6 is 15.9 Å². The molecule has 6 heteroatoms. The van der Waals surface area contributed by atoms with Crippen LogP contribution in [0.4, 0.5) is 10.5 Å². The monoisotopic (exact) mass is 340 g/mol. The highest BCUT2D eigenvalue weighted by atomic mass is 79.9. The van der Waals surface area contributed by atoms with Gasteiger partial charge in [0.25, 0.3) is 0 Å². The Labute approximate surface area is 126 Å². The molecule has 1 aromatic rings. The van der Waals surface area contributed by atoms with Crippen LogP contribution < -0.4 is 5.32 Å². The Balaban J connectivity index is 2.14. The number of carbonyl (C=O) groups is 2. The van der Waals surface area contributed by atoms with Gasteiger partial charge >= 0.3 is 12.0 Å². The van der Waals surface area contributed by atoms with Crippen molar-refractivity contribution in [1.29, 1.82) is 0 Å². The van der Waals surface area contributed by atoms with Gasteiger partial charge in [0.2, 0.25) is 0 Å². The minimum Gasteiger partial charge on any atom is -0.478 e. The molecule has 0 atom stereocenters. The van der Waals surface area contributed by atoms with E-state index >= 15 is 0 Å². The first-order valence-corrected chi connectivity index (χ1v) is 7.46. The number of carboxylic acids is 1. The number of urea groups is 1. The summed E-state index contributed by atoms with van der Waals surface area (Å²) in [7, 11) is 0. The molecule has 1 aliphatic heterocycles. The van der Waals surface area contributed by atoms with E-state index in [9.17, 15) is 9.59 Å². The number of benzene rings is 1. The van der Waals surface area contributed by atoms with E-state index in [-0.39, 0.29) is 11.6 Å². The molecule has 0 spiro atoms. The van der Waals surface area contributed by atoms with E-state index in [0.717, 1.165) is 43.2 Å². The van der Waals surface area contributed by atoms with Crippen molar-refractivity contribution in [3.8, 4) is 0 Å². The SMILES string of the molecule is O=C(O)c1ccc(Br)cc1NC(=O)N1CCCCCC1. The molecular weight excluding hydrogens is 324 g/mol. The largest absolute Gasteiger partial charge is 0.478 e. The average molecular weight is 341 g/mol. The van der Waals surface area contributed by atoms with Gasteiger partial charge in [-0.25, -0.2) is 9.59 Å². The van der Waals surface area contributed by atoms with Crippen LogP contribution in [0.25, 0.3) is 0 Å². The highest BCUT2D eigenvalue weighted by Crippen LogP contribution is 2.22. The molecule has 1 heterocycles.